The maximum absolute atomic E-state index is 14.7. The molecule has 1 N–H and O–H groups in total. The Bertz CT molecular complexity index is 1790. The van der Waals surface area contributed by atoms with Gasteiger partial charge in [0.2, 0.25) is 11.8 Å². The summed E-state index contributed by atoms with van der Waals surface area (Å²) >= 11 is 12.9. The van der Waals surface area contributed by atoms with Crippen LogP contribution in [0, 0.1) is 0 Å². The molecule has 4 aromatic rings. The van der Waals surface area contributed by atoms with E-state index in [1.807, 2.05) is 36.4 Å². The summed E-state index contributed by atoms with van der Waals surface area (Å²) in [6.45, 7) is -0.614. The molecule has 246 valence electrons. The highest BCUT2D eigenvalue weighted by Crippen LogP contribution is 2.35. The number of methoxy groups -OCH3 is 1. The van der Waals surface area contributed by atoms with E-state index in [-0.39, 0.29) is 45.5 Å². The van der Waals surface area contributed by atoms with E-state index >= 15 is 0 Å². The number of carbonyl (C=O) groups excluding carboxylic acids is 2. The van der Waals surface area contributed by atoms with E-state index < -0.39 is 28.5 Å². The van der Waals surface area contributed by atoms with Crippen molar-refractivity contribution >= 4 is 50.7 Å². The van der Waals surface area contributed by atoms with Gasteiger partial charge in [-0.3, -0.25) is 13.9 Å². The molecule has 1 atom stereocenters. The predicted molar refractivity (Wildman–Crippen MR) is 185 cm³/mol. The summed E-state index contributed by atoms with van der Waals surface area (Å²) in [5.74, 6) is -0.301. The molecule has 1 aliphatic rings. The van der Waals surface area contributed by atoms with Crippen molar-refractivity contribution in [3.05, 3.63) is 124 Å². The van der Waals surface area contributed by atoms with Gasteiger partial charge in [0.05, 0.1) is 27.7 Å². The molecule has 0 spiro atoms. The van der Waals surface area contributed by atoms with E-state index in [1.54, 1.807) is 55.6 Å². The molecule has 0 aromatic heterocycles. The number of nitrogens with one attached hydrogen (secondary N) is 1. The van der Waals surface area contributed by atoms with Crippen molar-refractivity contribution < 1.29 is 22.7 Å². The van der Waals surface area contributed by atoms with Crippen LogP contribution in [0.3, 0.4) is 0 Å². The van der Waals surface area contributed by atoms with Gasteiger partial charge in [-0.25, -0.2) is 8.42 Å². The van der Waals surface area contributed by atoms with Gasteiger partial charge >= 0.3 is 0 Å². The third kappa shape index (κ3) is 8.46. The second kappa shape index (κ2) is 15.7. The molecule has 47 heavy (non-hydrogen) atoms. The summed E-state index contributed by atoms with van der Waals surface area (Å²) in [6.07, 6.45) is 3.99. The van der Waals surface area contributed by atoms with Crippen molar-refractivity contribution in [2.45, 2.75) is 55.6 Å². The molecule has 4 aromatic carbocycles. The lowest BCUT2D eigenvalue weighted by Gasteiger charge is -2.34. The number of hydrogen-bond acceptors (Lipinski definition) is 5. The van der Waals surface area contributed by atoms with Crippen LogP contribution in [-0.2, 0) is 32.6 Å². The first kappa shape index (κ1) is 34.3. The smallest absolute Gasteiger partial charge is 0.264 e. The molecule has 11 heteroatoms. The molecular weight excluding hydrogens is 657 g/mol. The molecule has 1 saturated carbocycles. The van der Waals surface area contributed by atoms with Gasteiger partial charge in [0.15, 0.2) is 0 Å². The van der Waals surface area contributed by atoms with E-state index in [4.69, 9.17) is 27.9 Å². The third-order valence-corrected chi connectivity index (χ3v) is 10.9. The fraction of sp³-hybridized carbons (Fsp3) is 0.278. The van der Waals surface area contributed by atoms with Crippen LogP contribution >= 0.6 is 23.2 Å². The number of rotatable bonds is 13. The first-order valence-electron chi connectivity index (χ1n) is 15.5. The lowest BCUT2D eigenvalue weighted by atomic mass is 10.0. The zero-order valence-electron chi connectivity index (χ0n) is 26.0. The molecule has 0 radical (unpaired) electrons. The van der Waals surface area contributed by atoms with E-state index in [9.17, 15) is 18.0 Å². The Labute approximate surface area is 286 Å². The predicted octanol–water partition coefficient (Wildman–Crippen LogP) is 6.90. The van der Waals surface area contributed by atoms with Crippen molar-refractivity contribution in [3.63, 3.8) is 0 Å². The number of nitrogens with zero attached hydrogens (tertiary/aromatic N) is 2. The molecule has 1 fully saturated rings. The van der Waals surface area contributed by atoms with Gasteiger partial charge < -0.3 is 15.0 Å². The van der Waals surface area contributed by atoms with Gasteiger partial charge in [-0.15, -0.1) is 0 Å². The molecular formula is C36H37Cl2N3O5S. The molecule has 8 nitrogen and oxygen atoms in total. The highest BCUT2D eigenvalue weighted by atomic mass is 35.5. The topological polar surface area (TPSA) is 96.0 Å². The van der Waals surface area contributed by atoms with Gasteiger partial charge in [0.25, 0.3) is 10.0 Å². The minimum Gasteiger partial charge on any atom is -0.497 e. The van der Waals surface area contributed by atoms with Crippen molar-refractivity contribution in [2.24, 2.45) is 0 Å². The van der Waals surface area contributed by atoms with E-state index in [1.165, 1.54) is 23.1 Å². The second-order valence-corrected chi connectivity index (χ2v) is 14.1. The summed E-state index contributed by atoms with van der Waals surface area (Å²) in [5, 5.41) is 3.29. The summed E-state index contributed by atoms with van der Waals surface area (Å²) in [4.78, 5) is 30.2. The fourth-order valence-corrected chi connectivity index (χ4v) is 7.70. The maximum atomic E-state index is 14.7. The summed E-state index contributed by atoms with van der Waals surface area (Å²) in [7, 11) is -2.75. The first-order valence-corrected chi connectivity index (χ1v) is 17.7. The minimum atomic E-state index is -4.31. The Morgan fingerprint density at radius 3 is 2.19 bits per heavy atom. The first-order chi connectivity index (χ1) is 22.7. The van der Waals surface area contributed by atoms with E-state index in [0.29, 0.717) is 11.3 Å². The Hall–Kier alpha value is -4.05. The Morgan fingerprint density at radius 2 is 1.51 bits per heavy atom. The SMILES string of the molecule is COc1cccc(CN(C(=O)CN(c2cccc(Cl)c2Cl)S(=O)(=O)c2ccccc2)[C@@H](Cc2ccccc2)C(=O)NC2CCCC2)c1. The molecule has 0 unspecified atom stereocenters. The van der Waals surface area contributed by atoms with Gasteiger partial charge in [0.1, 0.15) is 18.3 Å². The average Bonchev–Trinajstić information content (AvgIpc) is 3.60. The summed E-state index contributed by atoms with van der Waals surface area (Å²) < 4.78 is 34.8. The monoisotopic (exact) mass is 693 g/mol. The number of benzene rings is 4. The molecule has 1 aliphatic carbocycles. The van der Waals surface area contributed by atoms with Crippen molar-refractivity contribution in [2.75, 3.05) is 18.0 Å². The maximum Gasteiger partial charge on any atom is 0.264 e. The number of ether oxygens (including phenoxy) is 1. The van der Waals surface area contributed by atoms with Crippen molar-refractivity contribution in [3.8, 4) is 5.75 Å². The largest absolute Gasteiger partial charge is 0.497 e. The van der Waals surface area contributed by atoms with E-state index in [0.717, 1.165) is 35.6 Å². The summed E-state index contributed by atoms with van der Waals surface area (Å²) in [5.41, 5.74) is 1.62. The third-order valence-electron chi connectivity index (χ3n) is 8.27. The Balaban J connectivity index is 1.59. The van der Waals surface area contributed by atoms with Crippen molar-refractivity contribution in [1.82, 2.24) is 10.2 Å². The van der Waals surface area contributed by atoms with Crippen LogP contribution < -0.4 is 14.4 Å². The van der Waals surface area contributed by atoms with Crippen LogP contribution in [-0.4, -0.2) is 50.9 Å². The molecule has 0 aliphatic heterocycles. The molecule has 0 heterocycles. The van der Waals surface area contributed by atoms with E-state index in [2.05, 4.69) is 5.32 Å². The van der Waals surface area contributed by atoms with Crippen LogP contribution in [0.1, 0.15) is 36.8 Å². The number of anilines is 1. The quantitative estimate of drug-likeness (QED) is 0.164. The standard InChI is InChI=1S/C36H37Cl2N3O5S/c1-46-29-17-10-14-27(22-29)24-40(33(23-26-12-4-2-5-13-26)36(43)39-28-15-8-9-16-28)34(42)25-41(32-21-11-20-31(37)35(32)38)47(44,45)30-18-6-3-7-19-30/h2-7,10-14,17-22,28,33H,8-9,15-16,23-25H2,1H3,(H,39,43)/t33-/m0/s1. The summed E-state index contributed by atoms with van der Waals surface area (Å²) in [6, 6.07) is 28.2. The zero-order chi connectivity index (χ0) is 33.4. The highest BCUT2D eigenvalue weighted by Gasteiger charge is 2.36. The second-order valence-electron chi connectivity index (χ2n) is 11.5. The van der Waals surface area contributed by atoms with Gasteiger partial charge in [-0.1, -0.05) is 103 Å². The molecule has 5 rings (SSSR count). The molecule has 0 bridgehead atoms. The lowest BCUT2D eigenvalue weighted by molar-refractivity contribution is -0.140. The number of sulfonamides is 1. The normalized spacial score (nSPS) is 13.9. The average molecular weight is 695 g/mol. The van der Waals surface area contributed by atoms with Crippen LogP contribution in [0.25, 0.3) is 0 Å². The van der Waals surface area contributed by atoms with Crippen LogP contribution in [0.5, 0.6) is 5.75 Å². The number of amides is 2. The van der Waals surface area contributed by atoms with Crippen LogP contribution in [0.15, 0.2) is 108 Å². The Morgan fingerprint density at radius 1 is 0.872 bits per heavy atom. The van der Waals surface area contributed by atoms with Gasteiger partial charge in [-0.05, 0) is 60.4 Å². The zero-order valence-corrected chi connectivity index (χ0v) is 28.3. The highest BCUT2D eigenvalue weighted by molar-refractivity contribution is 7.92. The molecule has 0 saturated heterocycles. The Kier molecular flexibility index (Phi) is 11.4. The fourth-order valence-electron chi connectivity index (χ4n) is 5.81. The lowest BCUT2D eigenvalue weighted by Crippen LogP contribution is -2.54. The van der Waals surface area contributed by atoms with Gasteiger partial charge in [-0.2, -0.15) is 0 Å². The van der Waals surface area contributed by atoms with Gasteiger partial charge in [0, 0.05) is 19.0 Å². The van der Waals surface area contributed by atoms with Crippen LogP contribution in [0.2, 0.25) is 10.0 Å². The number of halogens is 2. The number of carbonyl (C=O) groups is 2. The molecule has 2 amide bonds. The van der Waals surface area contributed by atoms with Crippen molar-refractivity contribution in [1.29, 1.82) is 0 Å². The minimum absolute atomic E-state index is 0.00905. The number of hydrogen-bond donors (Lipinski definition) is 1. The van der Waals surface area contributed by atoms with Crippen LogP contribution in [0.4, 0.5) is 5.69 Å².